The normalized spacial score (nSPS) is 15.0. The van der Waals surface area contributed by atoms with E-state index in [0.717, 1.165) is 50.1 Å². The van der Waals surface area contributed by atoms with Gasteiger partial charge in [-0.3, -0.25) is 0 Å². The highest BCUT2D eigenvalue weighted by atomic mass is 16.6. The predicted octanol–water partition coefficient (Wildman–Crippen LogP) is 17.4. The summed E-state index contributed by atoms with van der Waals surface area (Å²) in [5.41, 5.74) is 19.8. The number of anilines is 3. The summed E-state index contributed by atoms with van der Waals surface area (Å²) in [6.45, 7) is 11.7. The third kappa shape index (κ3) is 5.26. The van der Waals surface area contributed by atoms with Gasteiger partial charge in [0, 0.05) is 39.2 Å². The van der Waals surface area contributed by atoms with Crippen molar-refractivity contribution in [3.8, 4) is 45.3 Å². The highest BCUT2D eigenvalue weighted by Gasteiger charge is 2.52. The van der Waals surface area contributed by atoms with Gasteiger partial charge in [-0.25, -0.2) is 0 Å². The Hall–Kier alpha value is -8.08. The molecule has 1 aromatic heterocycles. The number of furan rings is 1. The van der Waals surface area contributed by atoms with Crippen molar-refractivity contribution in [3.05, 3.63) is 232 Å². The molecule has 1 spiro atoms. The molecule has 9 aromatic carbocycles. The molecule has 0 fully saturated rings. The molecule has 1 aliphatic heterocycles. The maximum Gasteiger partial charge on any atom is 0.170 e. The van der Waals surface area contributed by atoms with E-state index in [1.54, 1.807) is 0 Å². The van der Waals surface area contributed by atoms with E-state index in [2.05, 4.69) is 203 Å². The number of hydrogen-bond donors (Lipinski definition) is 0. The van der Waals surface area contributed by atoms with Gasteiger partial charge in [-0.1, -0.05) is 162 Å². The smallest absolute Gasteiger partial charge is 0.170 e. The molecule has 68 heavy (non-hydrogen) atoms. The largest absolute Gasteiger partial charge is 0.456 e. The molecule has 2 heterocycles. The van der Waals surface area contributed by atoms with Crippen LogP contribution in [-0.4, -0.2) is 0 Å². The molecule has 0 atom stereocenters. The Balaban J connectivity index is 1.13. The molecule has 0 saturated heterocycles. The zero-order valence-electron chi connectivity index (χ0n) is 38.6. The van der Waals surface area contributed by atoms with Crippen LogP contribution in [0.15, 0.2) is 186 Å². The average molecular weight is 878 g/mol. The van der Waals surface area contributed by atoms with Gasteiger partial charge in [0.1, 0.15) is 11.2 Å². The molecular formula is C64H47NO3. The van der Waals surface area contributed by atoms with Gasteiger partial charge in [0.2, 0.25) is 0 Å². The monoisotopic (exact) mass is 877 g/mol. The van der Waals surface area contributed by atoms with Gasteiger partial charge in [-0.05, 0) is 133 Å². The van der Waals surface area contributed by atoms with Gasteiger partial charge in [0.15, 0.2) is 23.0 Å². The van der Waals surface area contributed by atoms with Crippen LogP contribution in [0.2, 0.25) is 0 Å². The standard InChI is InChI=1S/C64H47NO3/c1-62(2,3)39-27-29-40(30-28-39)65(41-31-33-45-44-18-9-13-23-54(44)66-57(45)35-41)53-36-52-47(61-60(53)46-19-8-10-20-48(46)63(61,4)5)32-26-38-34-58-59(68-56-25-15-14-24-55(56)67-58)37-51(38)64(52)49-21-11-6-16-42(49)43-17-7-12-22-50(43)64/h6-37H,1-5H3. The van der Waals surface area contributed by atoms with E-state index >= 15 is 0 Å². The Morgan fingerprint density at radius 3 is 1.75 bits per heavy atom. The summed E-state index contributed by atoms with van der Waals surface area (Å²) in [5.74, 6) is 2.83. The molecule has 3 aliphatic carbocycles. The second-order valence-electron chi connectivity index (χ2n) is 20.4. The summed E-state index contributed by atoms with van der Waals surface area (Å²) in [6, 6.07) is 66.4. The fourth-order valence-corrected chi connectivity index (χ4v) is 12.2. The van der Waals surface area contributed by atoms with Crippen molar-refractivity contribution in [2.45, 2.75) is 50.9 Å². The van der Waals surface area contributed by atoms with E-state index in [9.17, 15) is 0 Å². The highest BCUT2D eigenvalue weighted by Crippen LogP contribution is 2.65. The quantitative estimate of drug-likeness (QED) is 0.177. The molecule has 4 aliphatic rings. The van der Waals surface area contributed by atoms with Gasteiger partial charge < -0.3 is 18.8 Å². The maximum absolute atomic E-state index is 6.80. The van der Waals surface area contributed by atoms with Crippen molar-refractivity contribution in [3.63, 3.8) is 0 Å². The molecule has 10 aromatic rings. The summed E-state index contributed by atoms with van der Waals surface area (Å²) in [7, 11) is 0. The van der Waals surface area contributed by atoms with Crippen molar-refractivity contribution in [2.75, 3.05) is 4.90 Å². The minimum Gasteiger partial charge on any atom is -0.456 e. The number of fused-ring (bicyclic) bond motifs is 18. The minimum absolute atomic E-state index is 0.0176. The van der Waals surface area contributed by atoms with E-state index in [1.807, 2.05) is 30.3 Å². The molecular weight excluding hydrogens is 831 g/mol. The van der Waals surface area contributed by atoms with Crippen LogP contribution in [0.4, 0.5) is 17.1 Å². The molecule has 0 bridgehead atoms. The first-order chi connectivity index (χ1) is 33.1. The van der Waals surface area contributed by atoms with Crippen LogP contribution >= 0.6 is 0 Å². The molecule has 14 rings (SSSR count). The van der Waals surface area contributed by atoms with E-state index in [0.29, 0.717) is 23.0 Å². The molecule has 326 valence electrons. The minimum atomic E-state index is -0.768. The molecule has 0 N–H and O–H groups in total. The van der Waals surface area contributed by atoms with Gasteiger partial charge in [-0.15, -0.1) is 0 Å². The molecule has 4 nitrogen and oxygen atoms in total. The Kier molecular flexibility index (Phi) is 7.91. The highest BCUT2D eigenvalue weighted by molar-refractivity contribution is 6.07. The Bertz CT molecular complexity index is 3780. The Labute approximate surface area is 396 Å². The Morgan fingerprint density at radius 1 is 0.456 bits per heavy atom. The van der Waals surface area contributed by atoms with Crippen LogP contribution in [0.3, 0.4) is 0 Å². The van der Waals surface area contributed by atoms with E-state index in [1.165, 1.54) is 61.2 Å². The summed E-state index contributed by atoms with van der Waals surface area (Å²) < 4.78 is 20.1. The lowest BCUT2D eigenvalue weighted by Crippen LogP contribution is -2.31. The Morgan fingerprint density at radius 2 is 1.04 bits per heavy atom. The van der Waals surface area contributed by atoms with Gasteiger partial charge in [0.05, 0.1) is 11.1 Å². The van der Waals surface area contributed by atoms with Crippen LogP contribution in [0.1, 0.15) is 84.7 Å². The first-order valence-electron chi connectivity index (χ1n) is 23.7. The fourth-order valence-electron chi connectivity index (χ4n) is 12.2. The number of benzene rings is 9. The van der Waals surface area contributed by atoms with Crippen molar-refractivity contribution in [1.82, 2.24) is 0 Å². The summed E-state index contributed by atoms with van der Waals surface area (Å²) in [6.07, 6.45) is 4.73. The second kappa shape index (κ2) is 13.7. The van der Waals surface area contributed by atoms with E-state index in [4.69, 9.17) is 13.9 Å². The number of rotatable bonds is 3. The first kappa shape index (κ1) is 39.1. The topological polar surface area (TPSA) is 34.8 Å². The number of hydrogen-bond acceptors (Lipinski definition) is 4. The fraction of sp³-hybridized carbons (Fsp3) is 0.125. The van der Waals surface area contributed by atoms with Crippen LogP contribution in [-0.2, 0) is 16.2 Å². The number of para-hydroxylation sites is 3. The van der Waals surface area contributed by atoms with Crippen molar-refractivity contribution < 1.29 is 13.9 Å². The molecule has 0 saturated carbocycles. The second-order valence-corrected chi connectivity index (χ2v) is 20.4. The predicted molar refractivity (Wildman–Crippen MR) is 277 cm³/mol. The number of ether oxygens (including phenoxy) is 2. The zero-order chi connectivity index (χ0) is 45.7. The van der Waals surface area contributed by atoms with Crippen LogP contribution < -0.4 is 14.4 Å². The van der Waals surface area contributed by atoms with Crippen LogP contribution in [0.5, 0.6) is 23.0 Å². The molecule has 0 radical (unpaired) electrons. The van der Waals surface area contributed by atoms with Crippen molar-refractivity contribution in [1.29, 1.82) is 0 Å². The van der Waals surface area contributed by atoms with E-state index in [-0.39, 0.29) is 10.8 Å². The first-order valence-corrected chi connectivity index (χ1v) is 23.7. The summed E-state index contributed by atoms with van der Waals surface area (Å²) >= 11 is 0. The average Bonchev–Trinajstić information content (AvgIpc) is 3.92. The zero-order valence-corrected chi connectivity index (χ0v) is 38.6. The SMILES string of the molecule is CC(C)(C)c1ccc(N(c2ccc3c(c2)oc2ccccc23)c2cc3c(c4c2-c2ccccc2C4(C)C)C=Cc2cc4c(cc2C32c3ccccc3-c3ccccc32)Oc2ccccc2O4)cc1. The molecule has 0 unspecified atom stereocenters. The van der Waals surface area contributed by atoms with Crippen LogP contribution in [0, 0.1) is 0 Å². The summed E-state index contributed by atoms with van der Waals surface area (Å²) in [4.78, 5) is 2.49. The van der Waals surface area contributed by atoms with Crippen LogP contribution in [0.25, 0.3) is 56.3 Å². The number of nitrogens with zero attached hydrogens (tertiary/aromatic N) is 1. The van der Waals surface area contributed by atoms with Gasteiger partial charge >= 0.3 is 0 Å². The molecule has 0 amide bonds. The lowest BCUT2D eigenvalue weighted by molar-refractivity contribution is 0.358. The molecule has 4 heteroatoms. The van der Waals surface area contributed by atoms with Gasteiger partial charge in [-0.2, -0.15) is 0 Å². The lowest BCUT2D eigenvalue weighted by atomic mass is 9.64. The van der Waals surface area contributed by atoms with E-state index < -0.39 is 5.41 Å². The van der Waals surface area contributed by atoms with Crippen molar-refractivity contribution in [2.24, 2.45) is 0 Å². The van der Waals surface area contributed by atoms with Gasteiger partial charge in [0.25, 0.3) is 0 Å². The maximum atomic E-state index is 6.80. The third-order valence-corrected chi connectivity index (χ3v) is 15.3. The lowest BCUT2D eigenvalue weighted by Gasteiger charge is -2.39. The third-order valence-electron chi connectivity index (χ3n) is 15.3. The van der Waals surface area contributed by atoms with Crippen molar-refractivity contribution >= 4 is 51.2 Å². The summed E-state index contributed by atoms with van der Waals surface area (Å²) in [5, 5.41) is 2.21.